The molecule has 0 saturated heterocycles. The summed E-state index contributed by atoms with van der Waals surface area (Å²) in [7, 11) is -2.08. The zero-order valence-corrected chi connectivity index (χ0v) is 14.5. The molecule has 8 heteroatoms. The Morgan fingerprint density at radius 3 is 2.64 bits per heavy atom. The minimum atomic E-state index is -3.60. The van der Waals surface area contributed by atoms with Gasteiger partial charge in [-0.25, -0.2) is 18.1 Å². The summed E-state index contributed by atoms with van der Waals surface area (Å²) in [6.45, 7) is 3.90. The molecule has 0 aliphatic heterocycles. The zero-order valence-electron chi connectivity index (χ0n) is 13.7. The van der Waals surface area contributed by atoms with Crippen LogP contribution in [0.25, 0.3) is 0 Å². The molecule has 25 heavy (non-hydrogen) atoms. The third-order valence-electron chi connectivity index (χ3n) is 3.31. The summed E-state index contributed by atoms with van der Waals surface area (Å²) in [6, 6.07) is 9.19. The SMILES string of the molecule is C=CCNS(=O)(=O)c1ccc(C(=O)NCc2ccnc(OC)c2)cc1. The number of aromatic nitrogens is 1. The number of benzene rings is 1. The smallest absolute Gasteiger partial charge is 0.251 e. The molecule has 0 bridgehead atoms. The predicted molar refractivity (Wildman–Crippen MR) is 93.8 cm³/mol. The van der Waals surface area contributed by atoms with Gasteiger partial charge in [0.1, 0.15) is 0 Å². The van der Waals surface area contributed by atoms with Crippen molar-refractivity contribution in [3.63, 3.8) is 0 Å². The van der Waals surface area contributed by atoms with Crippen LogP contribution in [0.15, 0.2) is 60.1 Å². The number of pyridine rings is 1. The van der Waals surface area contributed by atoms with Crippen molar-refractivity contribution in [3.8, 4) is 5.88 Å². The molecule has 0 aliphatic carbocycles. The lowest BCUT2D eigenvalue weighted by Gasteiger charge is -2.08. The molecule has 2 N–H and O–H groups in total. The lowest BCUT2D eigenvalue weighted by Crippen LogP contribution is -2.24. The van der Waals surface area contributed by atoms with Crippen molar-refractivity contribution in [2.75, 3.05) is 13.7 Å². The highest BCUT2D eigenvalue weighted by Crippen LogP contribution is 2.11. The number of hydrogen-bond donors (Lipinski definition) is 2. The van der Waals surface area contributed by atoms with Gasteiger partial charge in [-0.1, -0.05) is 6.08 Å². The van der Waals surface area contributed by atoms with Crippen LogP contribution >= 0.6 is 0 Å². The van der Waals surface area contributed by atoms with E-state index in [4.69, 9.17) is 4.74 Å². The lowest BCUT2D eigenvalue weighted by atomic mass is 10.2. The molecule has 2 aromatic rings. The van der Waals surface area contributed by atoms with Crippen LogP contribution in [-0.4, -0.2) is 33.0 Å². The average Bonchev–Trinajstić information content (AvgIpc) is 2.64. The van der Waals surface area contributed by atoms with E-state index in [2.05, 4.69) is 21.6 Å². The van der Waals surface area contributed by atoms with Crippen molar-refractivity contribution in [1.29, 1.82) is 0 Å². The Morgan fingerprint density at radius 2 is 2.00 bits per heavy atom. The first-order valence-electron chi connectivity index (χ1n) is 7.44. The summed E-state index contributed by atoms with van der Waals surface area (Å²) in [5.41, 5.74) is 1.21. The molecular weight excluding hydrogens is 342 g/mol. The van der Waals surface area contributed by atoms with E-state index in [0.29, 0.717) is 18.0 Å². The van der Waals surface area contributed by atoms with Gasteiger partial charge in [0.2, 0.25) is 15.9 Å². The van der Waals surface area contributed by atoms with Crippen molar-refractivity contribution in [2.45, 2.75) is 11.4 Å². The Balaban J connectivity index is 2.01. The van der Waals surface area contributed by atoms with Crippen molar-refractivity contribution in [3.05, 3.63) is 66.4 Å². The molecule has 0 radical (unpaired) electrons. The van der Waals surface area contributed by atoms with Gasteiger partial charge in [0.25, 0.3) is 5.91 Å². The fraction of sp³-hybridized carbons (Fsp3) is 0.176. The van der Waals surface area contributed by atoms with E-state index in [1.165, 1.54) is 37.5 Å². The quantitative estimate of drug-likeness (QED) is 0.694. The van der Waals surface area contributed by atoms with E-state index in [-0.39, 0.29) is 17.3 Å². The third-order valence-corrected chi connectivity index (χ3v) is 4.75. The summed E-state index contributed by atoms with van der Waals surface area (Å²) < 4.78 is 31.3. The third kappa shape index (κ3) is 5.13. The standard InChI is InChI=1S/C17H19N3O4S/c1-3-9-20-25(22,23)15-6-4-14(5-7-15)17(21)19-12-13-8-10-18-16(11-13)24-2/h3-8,10-11,20H,1,9,12H2,2H3,(H,19,21). The van der Waals surface area contributed by atoms with Gasteiger partial charge in [-0.3, -0.25) is 4.79 Å². The van der Waals surface area contributed by atoms with Crippen molar-refractivity contribution >= 4 is 15.9 Å². The second-order valence-corrected chi connectivity index (χ2v) is 6.82. The van der Waals surface area contributed by atoms with Crippen LogP contribution in [0.3, 0.4) is 0 Å². The fourth-order valence-electron chi connectivity index (χ4n) is 1.99. The van der Waals surface area contributed by atoms with Crippen molar-refractivity contribution in [2.24, 2.45) is 0 Å². The molecule has 0 saturated carbocycles. The number of nitrogens with zero attached hydrogens (tertiary/aromatic N) is 1. The van der Waals surface area contributed by atoms with Crippen LogP contribution in [0, 0.1) is 0 Å². The number of hydrogen-bond acceptors (Lipinski definition) is 5. The number of rotatable bonds is 8. The summed E-state index contributed by atoms with van der Waals surface area (Å²) in [5, 5.41) is 2.76. The molecule has 0 unspecified atom stereocenters. The lowest BCUT2D eigenvalue weighted by molar-refractivity contribution is 0.0950. The second-order valence-electron chi connectivity index (χ2n) is 5.05. The number of nitrogens with one attached hydrogen (secondary N) is 2. The van der Waals surface area contributed by atoms with Crippen molar-refractivity contribution < 1.29 is 17.9 Å². The van der Waals surface area contributed by atoms with Crippen LogP contribution in [0.5, 0.6) is 5.88 Å². The second kappa shape index (κ2) is 8.41. The normalized spacial score (nSPS) is 10.9. The maximum absolute atomic E-state index is 12.2. The summed E-state index contributed by atoms with van der Waals surface area (Å²) in [4.78, 5) is 16.3. The van der Waals surface area contributed by atoms with Crippen LogP contribution < -0.4 is 14.8 Å². The Labute approximate surface area is 146 Å². The summed E-state index contributed by atoms with van der Waals surface area (Å²) in [5.74, 6) is 0.159. The molecule has 0 atom stereocenters. The molecule has 1 aromatic carbocycles. The first-order chi connectivity index (χ1) is 12.0. The first-order valence-corrected chi connectivity index (χ1v) is 8.92. The highest BCUT2D eigenvalue weighted by Gasteiger charge is 2.13. The monoisotopic (exact) mass is 361 g/mol. The Bertz CT molecular complexity index is 848. The highest BCUT2D eigenvalue weighted by atomic mass is 32.2. The number of sulfonamides is 1. The molecule has 1 aromatic heterocycles. The van der Waals surface area contributed by atoms with Crippen LogP contribution in [0.4, 0.5) is 0 Å². The van der Waals surface area contributed by atoms with Gasteiger partial charge in [0.15, 0.2) is 0 Å². The number of carbonyl (C=O) groups is 1. The van der Waals surface area contributed by atoms with Gasteiger partial charge in [0, 0.05) is 30.9 Å². The Morgan fingerprint density at radius 1 is 1.28 bits per heavy atom. The van der Waals surface area contributed by atoms with Gasteiger partial charge in [-0.2, -0.15) is 0 Å². The van der Waals surface area contributed by atoms with Gasteiger partial charge in [-0.15, -0.1) is 6.58 Å². The number of carbonyl (C=O) groups excluding carboxylic acids is 1. The number of methoxy groups -OCH3 is 1. The van der Waals surface area contributed by atoms with Gasteiger partial charge < -0.3 is 10.1 Å². The molecule has 1 heterocycles. The van der Waals surface area contributed by atoms with Crippen LogP contribution in [0.2, 0.25) is 0 Å². The van der Waals surface area contributed by atoms with Crippen LogP contribution in [0.1, 0.15) is 15.9 Å². The number of ether oxygens (including phenoxy) is 1. The topological polar surface area (TPSA) is 97.4 Å². The highest BCUT2D eigenvalue weighted by molar-refractivity contribution is 7.89. The Hall–Kier alpha value is -2.71. The fourth-order valence-corrected chi connectivity index (χ4v) is 2.99. The summed E-state index contributed by atoms with van der Waals surface area (Å²) >= 11 is 0. The number of amides is 1. The molecule has 0 spiro atoms. The van der Waals surface area contributed by atoms with Gasteiger partial charge in [-0.05, 0) is 35.9 Å². The van der Waals surface area contributed by atoms with Crippen LogP contribution in [-0.2, 0) is 16.6 Å². The van der Waals surface area contributed by atoms with Gasteiger partial charge in [0.05, 0.1) is 12.0 Å². The molecule has 2 rings (SSSR count). The predicted octanol–water partition coefficient (Wildman–Crippen LogP) is 1.48. The van der Waals surface area contributed by atoms with E-state index >= 15 is 0 Å². The molecule has 0 fully saturated rings. The van der Waals surface area contributed by atoms with E-state index in [1.807, 2.05) is 0 Å². The minimum absolute atomic E-state index is 0.0878. The molecule has 7 nitrogen and oxygen atoms in total. The zero-order chi connectivity index (χ0) is 18.3. The average molecular weight is 361 g/mol. The Kier molecular flexibility index (Phi) is 6.26. The molecular formula is C17H19N3O4S. The van der Waals surface area contributed by atoms with Gasteiger partial charge >= 0.3 is 0 Å². The van der Waals surface area contributed by atoms with E-state index < -0.39 is 10.0 Å². The van der Waals surface area contributed by atoms with E-state index in [9.17, 15) is 13.2 Å². The van der Waals surface area contributed by atoms with E-state index in [0.717, 1.165) is 5.56 Å². The largest absolute Gasteiger partial charge is 0.481 e. The molecule has 132 valence electrons. The maximum Gasteiger partial charge on any atom is 0.251 e. The van der Waals surface area contributed by atoms with E-state index in [1.54, 1.807) is 18.3 Å². The summed E-state index contributed by atoms with van der Waals surface area (Å²) in [6.07, 6.45) is 3.05. The maximum atomic E-state index is 12.2. The molecule has 0 aliphatic rings. The van der Waals surface area contributed by atoms with Crippen molar-refractivity contribution in [1.82, 2.24) is 15.0 Å². The molecule has 1 amide bonds. The minimum Gasteiger partial charge on any atom is -0.481 e. The first kappa shape index (κ1) is 18.6.